The molecule has 0 aliphatic carbocycles. The molecule has 3 heteroatoms. The Morgan fingerprint density at radius 1 is 1.27 bits per heavy atom. The Morgan fingerprint density at radius 2 is 1.80 bits per heavy atom. The van der Waals surface area contributed by atoms with Gasteiger partial charge in [0.2, 0.25) is 0 Å². The molecule has 15 heavy (non-hydrogen) atoms. The highest BCUT2D eigenvalue weighted by molar-refractivity contribution is 5.76. The summed E-state index contributed by atoms with van der Waals surface area (Å²) in [6.07, 6.45) is 0.475. The highest BCUT2D eigenvalue weighted by Crippen LogP contribution is 2.21. The highest BCUT2D eigenvalue weighted by atomic mass is 16.5. The maximum Gasteiger partial charge on any atom is 0.132 e. The van der Waals surface area contributed by atoms with E-state index in [1.54, 1.807) is 6.92 Å². The van der Waals surface area contributed by atoms with E-state index in [4.69, 9.17) is 4.74 Å². The molecule has 0 saturated heterocycles. The van der Waals surface area contributed by atoms with Gasteiger partial charge in [-0.25, -0.2) is 0 Å². The molecular formula is C12H25NO2. The summed E-state index contributed by atoms with van der Waals surface area (Å²) in [5.74, 6) is 0.173. The zero-order chi connectivity index (χ0) is 12.1. The average Bonchev–Trinajstić information content (AvgIpc) is 1.99. The summed E-state index contributed by atoms with van der Waals surface area (Å²) < 4.78 is 5.80. The first-order valence-electron chi connectivity index (χ1n) is 5.46. The molecule has 0 rings (SSSR count). The van der Waals surface area contributed by atoms with E-state index in [1.165, 1.54) is 0 Å². The van der Waals surface area contributed by atoms with Crippen molar-refractivity contribution in [2.75, 3.05) is 20.2 Å². The molecule has 0 atom stereocenters. The number of Topliss-reactive ketones (excluding diaryl/α,β-unsaturated/α-hetero) is 1. The molecule has 90 valence electrons. The first-order chi connectivity index (χ1) is 6.68. The number of ketones is 1. The Labute approximate surface area is 93.6 Å². The van der Waals surface area contributed by atoms with Gasteiger partial charge in [0.15, 0.2) is 0 Å². The van der Waals surface area contributed by atoms with Crippen molar-refractivity contribution in [1.82, 2.24) is 5.32 Å². The quantitative estimate of drug-likeness (QED) is 0.706. The van der Waals surface area contributed by atoms with Gasteiger partial charge in [-0.05, 0) is 27.8 Å². The van der Waals surface area contributed by atoms with Crippen molar-refractivity contribution in [2.24, 2.45) is 5.41 Å². The first-order valence-corrected chi connectivity index (χ1v) is 5.46. The molecule has 0 amide bonds. The van der Waals surface area contributed by atoms with Crippen molar-refractivity contribution in [3.8, 4) is 0 Å². The van der Waals surface area contributed by atoms with Crippen LogP contribution >= 0.6 is 0 Å². The molecule has 1 N–H and O–H groups in total. The number of nitrogens with one attached hydrogen (secondary N) is 1. The van der Waals surface area contributed by atoms with Gasteiger partial charge in [0.25, 0.3) is 0 Å². The smallest absolute Gasteiger partial charge is 0.132 e. The lowest BCUT2D eigenvalue weighted by Crippen LogP contribution is -2.36. The Hall–Kier alpha value is -0.410. The summed E-state index contributed by atoms with van der Waals surface area (Å²) in [6.45, 7) is 11.4. The van der Waals surface area contributed by atoms with Gasteiger partial charge < -0.3 is 10.1 Å². The first kappa shape index (κ1) is 14.6. The molecule has 0 bridgehead atoms. The summed E-state index contributed by atoms with van der Waals surface area (Å²) in [5, 5.41) is 3.14. The van der Waals surface area contributed by atoms with Crippen LogP contribution in [0.3, 0.4) is 0 Å². The van der Waals surface area contributed by atoms with Crippen molar-refractivity contribution in [2.45, 2.75) is 46.6 Å². The normalized spacial score (nSPS) is 12.9. The molecule has 0 aromatic carbocycles. The van der Waals surface area contributed by atoms with Crippen LogP contribution in [0.4, 0.5) is 0 Å². The number of carbonyl (C=O) groups excluding carboxylic acids is 1. The fourth-order valence-corrected chi connectivity index (χ4v) is 1.57. The largest absolute Gasteiger partial charge is 0.375 e. The van der Waals surface area contributed by atoms with Gasteiger partial charge in [0.1, 0.15) is 5.78 Å². The SMILES string of the molecule is CNCC(C)(C)COC(C)(C)CC(C)=O. The Morgan fingerprint density at radius 3 is 2.20 bits per heavy atom. The molecular weight excluding hydrogens is 190 g/mol. The van der Waals surface area contributed by atoms with Crippen LogP contribution in [0, 0.1) is 5.41 Å². The molecule has 0 fully saturated rings. The molecule has 3 nitrogen and oxygen atoms in total. The van der Waals surface area contributed by atoms with E-state index in [-0.39, 0.29) is 16.8 Å². The molecule has 0 aromatic heterocycles. The van der Waals surface area contributed by atoms with Gasteiger partial charge >= 0.3 is 0 Å². The third kappa shape index (κ3) is 7.51. The van der Waals surface area contributed by atoms with Gasteiger partial charge in [-0.3, -0.25) is 4.79 Å². The monoisotopic (exact) mass is 215 g/mol. The van der Waals surface area contributed by atoms with E-state index in [0.29, 0.717) is 13.0 Å². The zero-order valence-corrected chi connectivity index (χ0v) is 10.9. The van der Waals surface area contributed by atoms with Gasteiger partial charge in [0, 0.05) is 18.4 Å². The Bertz CT molecular complexity index is 210. The maximum atomic E-state index is 11.0. The standard InChI is InChI=1S/C12H25NO2/c1-10(14)7-12(4,5)15-9-11(2,3)8-13-6/h13H,7-9H2,1-6H3. The second-order valence-electron chi connectivity index (χ2n) is 5.62. The summed E-state index contributed by atoms with van der Waals surface area (Å²) in [7, 11) is 1.93. The number of hydrogen-bond donors (Lipinski definition) is 1. The molecule has 0 radical (unpaired) electrons. The lowest BCUT2D eigenvalue weighted by molar-refractivity contribution is -0.125. The highest BCUT2D eigenvalue weighted by Gasteiger charge is 2.25. The average molecular weight is 215 g/mol. The van der Waals surface area contributed by atoms with Crippen LogP contribution in [-0.2, 0) is 9.53 Å². The van der Waals surface area contributed by atoms with Crippen LogP contribution in [0.15, 0.2) is 0 Å². The lowest BCUT2D eigenvalue weighted by Gasteiger charge is -2.31. The summed E-state index contributed by atoms with van der Waals surface area (Å²) in [6, 6.07) is 0. The second kappa shape index (κ2) is 5.61. The Balaban J connectivity index is 4.07. The van der Waals surface area contributed by atoms with Crippen LogP contribution in [0.25, 0.3) is 0 Å². The molecule has 0 saturated carbocycles. The lowest BCUT2D eigenvalue weighted by atomic mass is 9.94. The van der Waals surface area contributed by atoms with Crippen LogP contribution in [0.2, 0.25) is 0 Å². The molecule has 0 heterocycles. The van der Waals surface area contributed by atoms with E-state index in [1.807, 2.05) is 20.9 Å². The third-order valence-corrected chi connectivity index (χ3v) is 2.18. The van der Waals surface area contributed by atoms with E-state index >= 15 is 0 Å². The predicted molar refractivity (Wildman–Crippen MR) is 63.0 cm³/mol. The zero-order valence-electron chi connectivity index (χ0n) is 10.9. The minimum Gasteiger partial charge on any atom is -0.375 e. The molecule has 0 aliphatic rings. The fraction of sp³-hybridized carbons (Fsp3) is 0.917. The van der Waals surface area contributed by atoms with E-state index in [9.17, 15) is 4.79 Å². The number of carbonyl (C=O) groups is 1. The van der Waals surface area contributed by atoms with Crippen LogP contribution < -0.4 is 5.32 Å². The van der Waals surface area contributed by atoms with Crippen LogP contribution in [-0.4, -0.2) is 31.6 Å². The number of rotatable bonds is 7. The van der Waals surface area contributed by atoms with Crippen LogP contribution in [0.5, 0.6) is 0 Å². The van der Waals surface area contributed by atoms with Crippen molar-refractivity contribution >= 4 is 5.78 Å². The van der Waals surface area contributed by atoms with Crippen molar-refractivity contribution in [3.05, 3.63) is 0 Å². The summed E-state index contributed by atoms with van der Waals surface area (Å²) >= 11 is 0. The van der Waals surface area contributed by atoms with Gasteiger partial charge in [-0.15, -0.1) is 0 Å². The topological polar surface area (TPSA) is 38.3 Å². The molecule has 0 aliphatic heterocycles. The van der Waals surface area contributed by atoms with Crippen molar-refractivity contribution in [3.63, 3.8) is 0 Å². The minimum absolute atomic E-state index is 0.100. The van der Waals surface area contributed by atoms with Gasteiger partial charge in [-0.1, -0.05) is 13.8 Å². The minimum atomic E-state index is -0.350. The molecule has 0 aromatic rings. The number of ether oxygens (including phenoxy) is 1. The van der Waals surface area contributed by atoms with Gasteiger partial charge in [0.05, 0.1) is 12.2 Å². The fourth-order valence-electron chi connectivity index (χ4n) is 1.57. The van der Waals surface area contributed by atoms with E-state index in [2.05, 4.69) is 19.2 Å². The molecule has 0 spiro atoms. The van der Waals surface area contributed by atoms with E-state index < -0.39 is 0 Å². The Kier molecular flexibility index (Phi) is 5.46. The predicted octanol–water partition coefficient (Wildman–Crippen LogP) is 2.01. The number of hydrogen-bond acceptors (Lipinski definition) is 3. The van der Waals surface area contributed by atoms with Gasteiger partial charge in [-0.2, -0.15) is 0 Å². The maximum absolute atomic E-state index is 11.0. The van der Waals surface area contributed by atoms with E-state index in [0.717, 1.165) is 6.54 Å². The van der Waals surface area contributed by atoms with Crippen molar-refractivity contribution in [1.29, 1.82) is 0 Å². The molecule has 0 unspecified atom stereocenters. The summed E-state index contributed by atoms with van der Waals surface area (Å²) in [4.78, 5) is 11.0. The second-order valence-corrected chi connectivity index (χ2v) is 5.62. The summed E-state index contributed by atoms with van der Waals surface area (Å²) in [5.41, 5.74) is -0.250. The third-order valence-electron chi connectivity index (χ3n) is 2.18. The van der Waals surface area contributed by atoms with Crippen LogP contribution in [0.1, 0.15) is 41.0 Å². The van der Waals surface area contributed by atoms with Crippen molar-refractivity contribution < 1.29 is 9.53 Å².